The molecule has 0 aromatic heterocycles. The molecule has 2 bridgehead atoms. The molecular weight excluding hydrogens is 710 g/mol. The average Bonchev–Trinajstić information content (AvgIpc) is 3.47. The summed E-state index contributed by atoms with van der Waals surface area (Å²) in [6, 6.07) is 13.7. The zero-order valence-electron chi connectivity index (χ0n) is 29.9. The first-order chi connectivity index (χ1) is 25.1. The van der Waals surface area contributed by atoms with Crippen molar-refractivity contribution in [2.45, 2.75) is 89.0 Å². The number of alkyl halides is 6. The van der Waals surface area contributed by atoms with Gasteiger partial charge in [-0.05, 0) is 135 Å². The summed E-state index contributed by atoms with van der Waals surface area (Å²) in [4.78, 5) is 55.8. The Bertz CT molecular complexity index is 2360. The number of amides is 4. The number of anilines is 1. The minimum Gasteiger partial charge on any atom is -0.269 e. The molecule has 2 heterocycles. The molecule has 12 heteroatoms. The SMILES string of the molecule is Cc1ccc2c(c1)C1Cc3cc(N4C(=O)c5ccc(C(c6ccc7c(c6)C(=O)N(C(C)(C)C)C7=O)(C(F)(F)F)C(F)(F)F)cc5C4=O)c(C)cc3C(C2)C1. The van der Waals surface area contributed by atoms with E-state index in [4.69, 9.17) is 0 Å². The average molecular weight is 745 g/mol. The van der Waals surface area contributed by atoms with E-state index in [1.807, 2.05) is 13.0 Å². The Morgan fingerprint density at radius 3 is 1.65 bits per heavy atom. The number of halogens is 6. The van der Waals surface area contributed by atoms with Crippen LogP contribution in [0.3, 0.4) is 0 Å². The first-order valence-electron chi connectivity index (χ1n) is 17.6. The second-order valence-corrected chi connectivity index (χ2v) is 15.9. The Morgan fingerprint density at radius 1 is 0.574 bits per heavy atom. The van der Waals surface area contributed by atoms with Crippen molar-refractivity contribution in [3.05, 3.63) is 133 Å². The lowest BCUT2D eigenvalue weighted by molar-refractivity contribution is -0.288. The minimum atomic E-state index is -6.06. The standard InChI is InChI=1S/C42H34F6N2O4/c1-20-6-7-22-14-23-15-24(30(22)12-20)16-25-17-34(21(2)13-31(23)25)49-35(51)28-10-8-26(18-32(28)36(49)52)40(41(43,44)45,42(46,47)48)27-9-11-29-33(19-27)38(54)50(37(29)53)39(3,4)5/h6-13,17-19,23-24H,14-16H2,1-5H3. The van der Waals surface area contributed by atoms with Gasteiger partial charge in [0, 0.05) is 5.54 Å². The molecule has 2 atom stereocenters. The van der Waals surface area contributed by atoms with Crippen LogP contribution in [-0.2, 0) is 18.3 Å². The molecule has 0 radical (unpaired) electrons. The highest BCUT2D eigenvalue weighted by molar-refractivity contribution is 6.34. The maximum absolute atomic E-state index is 15.3. The van der Waals surface area contributed by atoms with Gasteiger partial charge in [0.05, 0.1) is 27.9 Å². The van der Waals surface area contributed by atoms with E-state index in [1.165, 1.54) is 31.9 Å². The van der Waals surface area contributed by atoms with Crippen LogP contribution in [0.15, 0.2) is 66.7 Å². The third-order valence-electron chi connectivity index (χ3n) is 11.5. The summed E-state index contributed by atoms with van der Waals surface area (Å²) in [5.74, 6) is -3.36. The normalized spacial score (nSPS) is 19.6. The summed E-state index contributed by atoms with van der Waals surface area (Å²) in [6.45, 7) is 8.27. The van der Waals surface area contributed by atoms with Crippen molar-refractivity contribution in [1.29, 1.82) is 0 Å². The van der Waals surface area contributed by atoms with Crippen molar-refractivity contribution in [1.82, 2.24) is 4.90 Å². The lowest BCUT2D eigenvalue weighted by atomic mass is 9.66. The molecule has 2 unspecified atom stereocenters. The molecule has 4 aromatic carbocycles. The second kappa shape index (κ2) is 11.4. The van der Waals surface area contributed by atoms with Gasteiger partial charge < -0.3 is 0 Å². The van der Waals surface area contributed by atoms with Gasteiger partial charge in [0.15, 0.2) is 0 Å². The predicted octanol–water partition coefficient (Wildman–Crippen LogP) is 9.28. The Labute approximate surface area is 306 Å². The number of fused-ring (bicyclic) bond motifs is 8. The first-order valence-corrected chi connectivity index (χ1v) is 17.6. The van der Waals surface area contributed by atoms with Gasteiger partial charge in [-0.1, -0.05) is 42.0 Å². The topological polar surface area (TPSA) is 74.8 Å². The van der Waals surface area contributed by atoms with Crippen molar-refractivity contribution < 1.29 is 45.5 Å². The van der Waals surface area contributed by atoms with Gasteiger partial charge in [0.25, 0.3) is 23.6 Å². The number of carbonyl (C=O) groups is 4. The van der Waals surface area contributed by atoms with Crippen molar-refractivity contribution in [3.8, 4) is 0 Å². The largest absolute Gasteiger partial charge is 0.411 e. The van der Waals surface area contributed by atoms with Gasteiger partial charge in [-0.25, -0.2) is 4.90 Å². The zero-order valence-corrected chi connectivity index (χ0v) is 29.9. The van der Waals surface area contributed by atoms with Crippen LogP contribution in [-0.4, -0.2) is 46.4 Å². The smallest absolute Gasteiger partial charge is 0.269 e. The summed E-state index contributed by atoms with van der Waals surface area (Å²) in [6.07, 6.45) is -9.69. The number of imide groups is 2. The van der Waals surface area contributed by atoms with Crippen LogP contribution in [0.1, 0.15) is 125 Å². The fourth-order valence-electron chi connectivity index (χ4n) is 9.11. The summed E-state index contributed by atoms with van der Waals surface area (Å²) in [5, 5.41) is 0. The molecule has 54 heavy (non-hydrogen) atoms. The highest BCUT2D eigenvalue weighted by atomic mass is 19.4. The molecule has 0 saturated carbocycles. The molecule has 4 aromatic rings. The van der Waals surface area contributed by atoms with Crippen LogP contribution >= 0.6 is 0 Å². The molecule has 0 saturated heterocycles. The van der Waals surface area contributed by atoms with E-state index < -0.39 is 69.2 Å². The number of carbonyl (C=O) groups excluding carboxylic acids is 4. The second-order valence-electron chi connectivity index (χ2n) is 15.9. The van der Waals surface area contributed by atoms with Crippen molar-refractivity contribution in [2.75, 3.05) is 4.90 Å². The Hall–Kier alpha value is -5.26. The number of aryl methyl sites for hydroxylation is 2. The van der Waals surface area contributed by atoms with E-state index in [9.17, 15) is 19.2 Å². The number of hydrogen-bond acceptors (Lipinski definition) is 4. The van der Waals surface area contributed by atoms with Crippen molar-refractivity contribution in [2.24, 2.45) is 0 Å². The molecule has 2 aliphatic heterocycles. The summed E-state index contributed by atoms with van der Waals surface area (Å²) in [5.41, 5.74) is -3.96. The number of hydrogen-bond donors (Lipinski definition) is 0. The molecule has 6 nitrogen and oxygen atoms in total. The van der Waals surface area contributed by atoms with Crippen LogP contribution in [0, 0.1) is 13.8 Å². The van der Waals surface area contributed by atoms with Crippen LogP contribution in [0.25, 0.3) is 0 Å². The minimum absolute atomic E-state index is 0.216. The van der Waals surface area contributed by atoms with E-state index >= 15 is 26.3 Å². The van der Waals surface area contributed by atoms with Gasteiger partial charge >= 0.3 is 12.4 Å². The predicted molar refractivity (Wildman–Crippen MR) is 187 cm³/mol. The monoisotopic (exact) mass is 744 g/mol. The molecule has 0 spiro atoms. The first kappa shape index (κ1) is 35.8. The maximum Gasteiger partial charge on any atom is 0.411 e. The van der Waals surface area contributed by atoms with Gasteiger partial charge in [-0.2, -0.15) is 26.3 Å². The number of benzene rings is 4. The van der Waals surface area contributed by atoms with Crippen molar-refractivity contribution in [3.63, 3.8) is 0 Å². The summed E-state index contributed by atoms with van der Waals surface area (Å²) in [7, 11) is 0. The third kappa shape index (κ3) is 4.87. The summed E-state index contributed by atoms with van der Waals surface area (Å²) < 4.78 is 91.7. The van der Waals surface area contributed by atoms with Gasteiger partial charge in [-0.3, -0.25) is 24.1 Å². The lowest BCUT2D eigenvalue weighted by Gasteiger charge is -2.39. The molecule has 2 aliphatic carbocycles. The molecule has 0 N–H and O–H groups in total. The van der Waals surface area contributed by atoms with E-state index in [2.05, 4.69) is 18.2 Å². The highest BCUT2D eigenvalue weighted by Crippen LogP contribution is 2.57. The van der Waals surface area contributed by atoms with E-state index in [1.54, 1.807) is 13.0 Å². The van der Waals surface area contributed by atoms with E-state index in [0.29, 0.717) is 36.2 Å². The van der Waals surface area contributed by atoms with Gasteiger partial charge in [-0.15, -0.1) is 0 Å². The zero-order chi connectivity index (χ0) is 39.0. The molecule has 0 fully saturated rings. The van der Waals surface area contributed by atoms with E-state index in [-0.39, 0.29) is 28.7 Å². The number of nitrogens with zero attached hydrogens (tertiary/aromatic N) is 2. The maximum atomic E-state index is 15.3. The molecule has 278 valence electrons. The molecule has 8 rings (SSSR count). The summed E-state index contributed by atoms with van der Waals surface area (Å²) >= 11 is 0. The van der Waals surface area contributed by atoms with Crippen LogP contribution in [0.4, 0.5) is 32.0 Å². The molecule has 4 aliphatic rings. The Kier molecular flexibility index (Phi) is 7.53. The van der Waals surface area contributed by atoms with E-state index in [0.717, 1.165) is 51.5 Å². The van der Waals surface area contributed by atoms with Crippen molar-refractivity contribution >= 4 is 29.3 Å². The highest BCUT2D eigenvalue weighted by Gasteiger charge is 2.73. The lowest BCUT2D eigenvalue weighted by Crippen LogP contribution is -2.55. The third-order valence-corrected chi connectivity index (χ3v) is 11.5. The fraction of sp³-hybridized carbons (Fsp3) is 0.333. The van der Waals surface area contributed by atoms with Crippen LogP contribution in [0.2, 0.25) is 0 Å². The van der Waals surface area contributed by atoms with Crippen LogP contribution < -0.4 is 4.90 Å². The molecule has 4 amide bonds. The molecular formula is C42H34F6N2O4. The van der Waals surface area contributed by atoms with Gasteiger partial charge in [0.2, 0.25) is 5.41 Å². The van der Waals surface area contributed by atoms with Gasteiger partial charge in [0.1, 0.15) is 0 Å². The quantitative estimate of drug-likeness (QED) is 0.155. The Balaban J connectivity index is 1.21. The van der Waals surface area contributed by atoms with Crippen LogP contribution in [0.5, 0.6) is 0 Å². The fourth-order valence-corrected chi connectivity index (χ4v) is 9.11. The Morgan fingerprint density at radius 2 is 1.07 bits per heavy atom. The number of rotatable bonds is 3.